The molecule has 0 aliphatic heterocycles. The number of hydrogen-bond donors (Lipinski definition) is 0. The predicted molar refractivity (Wildman–Crippen MR) is 38.3 cm³/mol. The topological polar surface area (TPSA) is 17.1 Å². The fraction of sp³-hybridized carbons (Fsp3) is 0.833. The first-order valence-electron chi connectivity index (χ1n) is 2.57. The second-order valence-corrected chi connectivity index (χ2v) is 3.70. The summed E-state index contributed by atoms with van der Waals surface area (Å²) in [7, 11) is 0. The van der Waals surface area contributed by atoms with Gasteiger partial charge in [-0.3, -0.25) is 4.79 Å². The third-order valence-electron chi connectivity index (χ3n) is 1.36. The van der Waals surface area contributed by atoms with Crippen LogP contribution in [0.5, 0.6) is 0 Å². The van der Waals surface area contributed by atoms with Crippen molar-refractivity contribution in [1.29, 1.82) is 0 Å². The largest absolute Gasteiger partial charge is 0.298 e. The Bertz CT molecular complexity index is 96.7. The van der Waals surface area contributed by atoms with Gasteiger partial charge in [0.2, 0.25) is 0 Å². The van der Waals surface area contributed by atoms with Crippen molar-refractivity contribution >= 4 is 17.5 Å². The van der Waals surface area contributed by atoms with E-state index in [9.17, 15) is 4.79 Å². The minimum absolute atomic E-state index is 0.181. The first-order chi connectivity index (χ1) is 3.50. The Morgan fingerprint density at radius 1 is 1.50 bits per heavy atom. The van der Waals surface area contributed by atoms with Crippen LogP contribution in [0.1, 0.15) is 20.8 Å². The average molecular weight is 132 g/mol. The number of carbonyl (C=O) groups is 1. The van der Waals surface area contributed by atoms with E-state index >= 15 is 0 Å². The predicted octanol–water partition coefficient (Wildman–Crippen LogP) is 1.72. The zero-order chi connectivity index (χ0) is 6.78. The molecule has 0 aromatic heterocycles. The second kappa shape index (κ2) is 2.53. The lowest BCUT2D eigenvalue weighted by molar-refractivity contribution is -0.118. The van der Waals surface area contributed by atoms with Crippen molar-refractivity contribution in [2.45, 2.75) is 25.5 Å². The molecule has 0 aromatic carbocycles. The highest BCUT2D eigenvalue weighted by Crippen LogP contribution is 2.21. The molecular formula is C6H12OS. The van der Waals surface area contributed by atoms with Crippen LogP contribution in [0.15, 0.2) is 0 Å². The van der Waals surface area contributed by atoms with Gasteiger partial charge < -0.3 is 0 Å². The van der Waals surface area contributed by atoms with Gasteiger partial charge in [-0.1, -0.05) is 0 Å². The molecule has 0 aromatic rings. The Morgan fingerprint density at radius 3 is 1.88 bits per heavy atom. The summed E-state index contributed by atoms with van der Waals surface area (Å²) in [5.74, 6) is 0.241. The fourth-order valence-corrected chi connectivity index (χ4v) is 0.431. The van der Waals surface area contributed by atoms with Gasteiger partial charge in [-0.05, 0) is 27.0 Å². The van der Waals surface area contributed by atoms with E-state index in [0.717, 1.165) is 0 Å². The van der Waals surface area contributed by atoms with Crippen molar-refractivity contribution in [1.82, 2.24) is 0 Å². The van der Waals surface area contributed by atoms with Gasteiger partial charge in [0.15, 0.2) is 0 Å². The molecule has 0 saturated carbocycles. The molecule has 0 fully saturated rings. The van der Waals surface area contributed by atoms with E-state index in [1.165, 1.54) is 0 Å². The van der Waals surface area contributed by atoms with Gasteiger partial charge in [0.1, 0.15) is 5.78 Å². The molecule has 8 heavy (non-hydrogen) atoms. The third-order valence-corrected chi connectivity index (χ3v) is 2.67. The van der Waals surface area contributed by atoms with Gasteiger partial charge in [0.05, 0.1) is 4.75 Å². The molecule has 2 heteroatoms. The quantitative estimate of drug-likeness (QED) is 0.569. The maximum atomic E-state index is 10.7. The molecule has 0 atom stereocenters. The molecule has 0 amide bonds. The van der Waals surface area contributed by atoms with Crippen LogP contribution in [0.25, 0.3) is 0 Å². The molecule has 0 rings (SSSR count). The summed E-state index contributed by atoms with van der Waals surface area (Å²) < 4.78 is -0.181. The monoisotopic (exact) mass is 132 g/mol. The van der Waals surface area contributed by atoms with Crippen LogP contribution < -0.4 is 0 Å². The maximum absolute atomic E-state index is 10.7. The lowest BCUT2D eigenvalue weighted by Crippen LogP contribution is -2.23. The molecule has 0 radical (unpaired) electrons. The standard InChI is InChI=1S/C6H12OS/c1-5(7)6(2,3)8-4/h1-4H3. The van der Waals surface area contributed by atoms with Crippen LogP contribution in [0.4, 0.5) is 0 Å². The van der Waals surface area contributed by atoms with Crippen LogP contribution in [-0.2, 0) is 4.79 Å². The SMILES string of the molecule is CSC(C)(C)C(C)=O. The molecule has 0 spiro atoms. The molecule has 0 heterocycles. The third kappa shape index (κ3) is 1.86. The molecule has 0 saturated heterocycles. The minimum atomic E-state index is -0.181. The lowest BCUT2D eigenvalue weighted by atomic mass is 10.1. The Labute approximate surface area is 54.8 Å². The summed E-state index contributed by atoms with van der Waals surface area (Å²) in [4.78, 5) is 10.7. The number of hydrogen-bond acceptors (Lipinski definition) is 2. The van der Waals surface area contributed by atoms with E-state index in [4.69, 9.17) is 0 Å². The number of carbonyl (C=O) groups excluding carboxylic acids is 1. The molecular weight excluding hydrogens is 120 g/mol. The Hall–Kier alpha value is 0.0200. The highest BCUT2D eigenvalue weighted by molar-refractivity contribution is 8.00. The number of thioether (sulfide) groups is 1. The van der Waals surface area contributed by atoms with Crippen molar-refractivity contribution in [2.24, 2.45) is 0 Å². The van der Waals surface area contributed by atoms with Crippen molar-refractivity contribution in [3.8, 4) is 0 Å². The van der Waals surface area contributed by atoms with E-state index in [1.807, 2.05) is 20.1 Å². The van der Waals surface area contributed by atoms with E-state index in [1.54, 1.807) is 18.7 Å². The normalized spacial score (nSPS) is 11.5. The van der Waals surface area contributed by atoms with Gasteiger partial charge in [-0.2, -0.15) is 11.8 Å². The summed E-state index contributed by atoms with van der Waals surface area (Å²) in [5.41, 5.74) is 0. The van der Waals surface area contributed by atoms with E-state index < -0.39 is 0 Å². The van der Waals surface area contributed by atoms with Crippen molar-refractivity contribution in [2.75, 3.05) is 6.26 Å². The van der Waals surface area contributed by atoms with Crippen LogP contribution in [0.2, 0.25) is 0 Å². The number of Topliss-reactive ketones (excluding diaryl/α,β-unsaturated/α-hetero) is 1. The second-order valence-electron chi connectivity index (χ2n) is 2.27. The van der Waals surface area contributed by atoms with E-state index in [0.29, 0.717) is 0 Å². The zero-order valence-corrected chi connectivity index (χ0v) is 6.63. The Balaban J connectivity index is 3.91. The summed E-state index contributed by atoms with van der Waals surface area (Å²) in [6.07, 6.45) is 1.95. The number of rotatable bonds is 2. The zero-order valence-electron chi connectivity index (χ0n) is 5.82. The van der Waals surface area contributed by atoms with Gasteiger partial charge in [-0.25, -0.2) is 0 Å². The van der Waals surface area contributed by atoms with Gasteiger partial charge in [-0.15, -0.1) is 0 Å². The Kier molecular flexibility index (Phi) is 2.54. The fourth-order valence-electron chi connectivity index (χ4n) is 0.144. The summed E-state index contributed by atoms with van der Waals surface area (Å²) in [5, 5.41) is 0. The maximum Gasteiger partial charge on any atom is 0.145 e. The summed E-state index contributed by atoms with van der Waals surface area (Å²) in [6, 6.07) is 0. The van der Waals surface area contributed by atoms with E-state index in [2.05, 4.69) is 0 Å². The molecule has 0 aliphatic rings. The van der Waals surface area contributed by atoms with Crippen molar-refractivity contribution in [3.63, 3.8) is 0 Å². The van der Waals surface area contributed by atoms with Crippen LogP contribution in [-0.4, -0.2) is 16.8 Å². The first-order valence-corrected chi connectivity index (χ1v) is 3.79. The highest BCUT2D eigenvalue weighted by Gasteiger charge is 2.20. The smallest absolute Gasteiger partial charge is 0.145 e. The van der Waals surface area contributed by atoms with E-state index in [-0.39, 0.29) is 10.5 Å². The highest BCUT2D eigenvalue weighted by atomic mass is 32.2. The first kappa shape index (κ1) is 8.02. The summed E-state index contributed by atoms with van der Waals surface area (Å²) >= 11 is 1.59. The van der Waals surface area contributed by atoms with Gasteiger partial charge >= 0.3 is 0 Å². The van der Waals surface area contributed by atoms with Gasteiger partial charge in [0.25, 0.3) is 0 Å². The molecule has 48 valence electrons. The van der Waals surface area contributed by atoms with Crippen LogP contribution >= 0.6 is 11.8 Å². The molecule has 0 N–H and O–H groups in total. The van der Waals surface area contributed by atoms with Crippen LogP contribution in [0.3, 0.4) is 0 Å². The molecule has 0 unspecified atom stereocenters. The molecule has 0 aliphatic carbocycles. The van der Waals surface area contributed by atoms with Crippen molar-refractivity contribution in [3.05, 3.63) is 0 Å². The number of ketones is 1. The van der Waals surface area contributed by atoms with Crippen LogP contribution in [0, 0.1) is 0 Å². The average Bonchev–Trinajstić information content (AvgIpc) is 1.67. The lowest BCUT2D eigenvalue weighted by Gasteiger charge is -2.16. The Morgan fingerprint density at radius 2 is 1.88 bits per heavy atom. The summed E-state index contributed by atoms with van der Waals surface area (Å²) in [6.45, 7) is 5.48. The van der Waals surface area contributed by atoms with Gasteiger partial charge in [0, 0.05) is 0 Å². The molecule has 1 nitrogen and oxygen atoms in total. The van der Waals surface area contributed by atoms with Crippen molar-refractivity contribution < 1.29 is 4.79 Å². The minimum Gasteiger partial charge on any atom is -0.298 e. The molecule has 0 bridgehead atoms.